The first-order chi connectivity index (χ1) is 12.9. The van der Waals surface area contributed by atoms with Gasteiger partial charge in [-0.15, -0.1) is 11.8 Å². The summed E-state index contributed by atoms with van der Waals surface area (Å²) in [5.41, 5.74) is 0. The number of likely N-dealkylation sites (tertiary alicyclic amines) is 1. The van der Waals surface area contributed by atoms with Crippen molar-refractivity contribution in [1.29, 1.82) is 0 Å². The number of rotatable bonds is 8. The fraction of sp³-hybridized carbons (Fsp3) is 0.833. The van der Waals surface area contributed by atoms with Gasteiger partial charge in [-0.3, -0.25) is 14.4 Å². The van der Waals surface area contributed by atoms with E-state index >= 15 is 0 Å². The zero-order valence-corrected chi connectivity index (χ0v) is 18.1. The fourth-order valence-corrected chi connectivity index (χ4v) is 8.54. The number of alkyl halides is 1. The molecule has 1 spiro atoms. The van der Waals surface area contributed by atoms with Crippen LogP contribution < -0.4 is 10.6 Å². The number of hydrogen-bond donors (Lipinski definition) is 3. The lowest BCUT2D eigenvalue weighted by Crippen LogP contribution is -2.55. The molecule has 3 heterocycles. The molecule has 27 heavy (non-hydrogen) atoms. The minimum Gasteiger partial charge on any atom is -0.395 e. The number of fused-ring (bicyclic) bond motifs is 1. The summed E-state index contributed by atoms with van der Waals surface area (Å²) in [6.45, 7) is 2.59. The topological polar surface area (TPSA) is 98.7 Å². The van der Waals surface area contributed by atoms with Crippen LogP contribution in [-0.2, 0) is 14.4 Å². The van der Waals surface area contributed by atoms with Crippen LogP contribution in [0.15, 0.2) is 0 Å². The van der Waals surface area contributed by atoms with Gasteiger partial charge in [0.05, 0.1) is 23.2 Å². The predicted octanol–water partition coefficient (Wildman–Crippen LogP) is 0.496. The monoisotopic (exact) mass is 461 g/mol. The van der Waals surface area contributed by atoms with Gasteiger partial charge < -0.3 is 20.6 Å². The number of aliphatic hydroxyl groups is 1. The first-order valence-electron chi connectivity index (χ1n) is 9.65. The number of nitrogens with zero attached hydrogens (tertiary/aromatic N) is 1. The van der Waals surface area contributed by atoms with Crippen molar-refractivity contribution in [3.8, 4) is 0 Å². The Kier molecular flexibility index (Phi) is 6.42. The van der Waals surface area contributed by atoms with Crippen LogP contribution in [0.25, 0.3) is 0 Å². The number of β-amino-alcohol motifs (C(OH)–C–C–N with tert-alkyl or cyclic N) is 1. The van der Waals surface area contributed by atoms with E-state index in [0.717, 1.165) is 19.3 Å². The van der Waals surface area contributed by atoms with Crippen molar-refractivity contribution in [2.75, 3.05) is 26.7 Å². The standard InChI is InChI=1S/C18H28BrN3O4S/c1-3-4-5-6-21-16(25)14-18-9-10(19)13(27-18)11(15(24)20-2)12(18)17(26)22(14)7-8-23/h10-14,23H,3-9H2,1-2H3,(H,20,24)(H,21,25)/t10?,11-,12-,13-,14?,18?/m0/s1. The van der Waals surface area contributed by atoms with Crippen LogP contribution in [0.5, 0.6) is 0 Å². The van der Waals surface area contributed by atoms with Crippen molar-refractivity contribution in [3.63, 3.8) is 0 Å². The van der Waals surface area contributed by atoms with Gasteiger partial charge >= 0.3 is 0 Å². The number of thioether (sulfide) groups is 1. The quantitative estimate of drug-likeness (QED) is 0.361. The predicted molar refractivity (Wildman–Crippen MR) is 108 cm³/mol. The maximum Gasteiger partial charge on any atom is 0.244 e. The van der Waals surface area contributed by atoms with E-state index in [1.54, 1.807) is 18.8 Å². The van der Waals surface area contributed by atoms with Gasteiger partial charge in [0, 0.05) is 30.2 Å². The molecule has 3 aliphatic rings. The van der Waals surface area contributed by atoms with E-state index in [2.05, 4.69) is 33.5 Å². The van der Waals surface area contributed by atoms with Gasteiger partial charge in [0.15, 0.2) is 0 Å². The molecule has 3 N–H and O–H groups in total. The number of unbranched alkanes of at least 4 members (excludes halogenated alkanes) is 2. The molecule has 2 bridgehead atoms. The van der Waals surface area contributed by atoms with Crippen LogP contribution in [0.1, 0.15) is 32.6 Å². The molecule has 0 aliphatic carbocycles. The van der Waals surface area contributed by atoms with E-state index in [4.69, 9.17) is 0 Å². The van der Waals surface area contributed by atoms with E-state index in [-0.39, 0.29) is 41.0 Å². The lowest BCUT2D eigenvalue weighted by atomic mass is 9.70. The highest BCUT2D eigenvalue weighted by molar-refractivity contribution is 9.09. The molecule has 3 rings (SSSR count). The van der Waals surface area contributed by atoms with Crippen LogP contribution in [0.4, 0.5) is 0 Å². The maximum absolute atomic E-state index is 13.2. The Labute approximate surface area is 172 Å². The van der Waals surface area contributed by atoms with Crippen LogP contribution in [0.2, 0.25) is 0 Å². The molecule has 0 radical (unpaired) electrons. The highest BCUT2D eigenvalue weighted by Crippen LogP contribution is 2.67. The van der Waals surface area contributed by atoms with E-state index in [9.17, 15) is 19.5 Å². The molecule has 0 aromatic rings. The molecular weight excluding hydrogens is 434 g/mol. The second kappa shape index (κ2) is 8.29. The molecule has 0 saturated carbocycles. The van der Waals surface area contributed by atoms with Gasteiger partial charge in [-0.1, -0.05) is 35.7 Å². The second-order valence-electron chi connectivity index (χ2n) is 7.53. The van der Waals surface area contributed by atoms with Gasteiger partial charge in [0.1, 0.15) is 6.04 Å². The largest absolute Gasteiger partial charge is 0.395 e. The SMILES string of the molecule is CCCCCNC(=O)C1N(CCO)C(=O)[C@@H]2[C@H](C(=O)NC)[C@H]3SC12CC3Br. The number of nitrogens with one attached hydrogen (secondary N) is 2. The fourth-order valence-electron chi connectivity index (χ4n) is 4.93. The van der Waals surface area contributed by atoms with Crippen molar-refractivity contribution in [2.45, 2.75) is 53.5 Å². The number of carbonyl (C=O) groups is 3. The van der Waals surface area contributed by atoms with Crippen molar-refractivity contribution in [3.05, 3.63) is 0 Å². The third kappa shape index (κ3) is 3.29. The Hall–Kier alpha value is -0.800. The molecule has 3 amide bonds. The molecule has 3 saturated heterocycles. The average molecular weight is 462 g/mol. The molecule has 152 valence electrons. The molecule has 3 aliphatic heterocycles. The summed E-state index contributed by atoms with van der Waals surface area (Å²) in [7, 11) is 1.58. The molecule has 9 heteroatoms. The zero-order valence-electron chi connectivity index (χ0n) is 15.7. The number of carbonyl (C=O) groups excluding carboxylic acids is 3. The van der Waals surface area contributed by atoms with E-state index in [1.165, 1.54) is 4.90 Å². The summed E-state index contributed by atoms with van der Waals surface area (Å²) in [5.74, 6) is -1.46. The molecule has 3 fully saturated rings. The molecule has 0 aromatic heterocycles. The molecule has 7 nitrogen and oxygen atoms in total. The lowest BCUT2D eigenvalue weighted by molar-refractivity contribution is -0.140. The van der Waals surface area contributed by atoms with Crippen molar-refractivity contribution in [2.24, 2.45) is 11.8 Å². The summed E-state index contributed by atoms with van der Waals surface area (Å²) >= 11 is 5.29. The van der Waals surface area contributed by atoms with Crippen molar-refractivity contribution >= 4 is 45.4 Å². The third-order valence-corrected chi connectivity index (χ3v) is 9.23. The minimum atomic E-state index is -0.645. The van der Waals surface area contributed by atoms with Gasteiger partial charge in [0.25, 0.3) is 0 Å². The van der Waals surface area contributed by atoms with Crippen LogP contribution in [0, 0.1) is 11.8 Å². The highest BCUT2D eigenvalue weighted by atomic mass is 79.9. The summed E-state index contributed by atoms with van der Waals surface area (Å²) < 4.78 is -0.614. The Bertz CT molecular complexity index is 621. The summed E-state index contributed by atoms with van der Waals surface area (Å²) in [4.78, 5) is 40.5. The molecule has 3 unspecified atom stereocenters. The van der Waals surface area contributed by atoms with Gasteiger partial charge in [-0.2, -0.15) is 0 Å². The maximum atomic E-state index is 13.2. The van der Waals surface area contributed by atoms with Crippen molar-refractivity contribution < 1.29 is 19.5 Å². The number of hydrogen-bond acceptors (Lipinski definition) is 5. The highest BCUT2D eigenvalue weighted by Gasteiger charge is 2.75. The minimum absolute atomic E-state index is 0.0226. The normalized spacial score (nSPS) is 36.8. The second-order valence-corrected chi connectivity index (χ2v) is 10.2. The smallest absolute Gasteiger partial charge is 0.244 e. The molecular formula is C18H28BrN3O4S. The zero-order chi connectivity index (χ0) is 19.8. The van der Waals surface area contributed by atoms with Crippen LogP contribution in [-0.4, -0.2) is 75.3 Å². The van der Waals surface area contributed by atoms with Gasteiger partial charge in [-0.25, -0.2) is 0 Å². The van der Waals surface area contributed by atoms with Gasteiger partial charge in [0.2, 0.25) is 17.7 Å². The van der Waals surface area contributed by atoms with E-state index in [1.807, 2.05) is 0 Å². The van der Waals surface area contributed by atoms with Crippen LogP contribution >= 0.6 is 27.7 Å². The number of halogens is 1. The first-order valence-corrected chi connectivity index (χ1v) is 11.4. The van der Waals surface area contributed by atoms with Gasteiger partial charge in [-0.05, 0) is 12.8 Å². The average Bonchev–Trinajstić information content (AvgIpc) is 3.22. The Balaban J connectivity index is 1.90. The van der Waals surface area contributed by atoms with E-state index in [0.29, 0.717) is 13.0 Å². The Morgan fingerprint density at radius 3 is 2.74 bits per heavy atom. The van der Waals surface area contributed by atoms with Crippen molar-refractivity contribution in [1.82, 2.24) is 15.5 Å². The number of amides is 3. The Morgan fingerprint density at radius 1 is 1.37 bits per heavy atom. The Morgan fingerprint density at radius 2 is 2.11 bits per heavy atom. The first kappa shape index (κ1) is 20.9. The van der Waals surface area contributed by atoms with E-state index < -0.39 is 22.6 Å². The molecule has 0 aromatic carbocycles. The third-order valence-electron chi connectivity index (χ3n) is 6.01. The number of aliphatic hydroxyl groups excluding tert-OH is 1. The lowest BCUT2D eigenvalue weighted by Gasteiger charge is -2.35. The summed E-state index contributed by atoms with van der Waals surface area (Å²) in [6.07, 6.45) is 3.67. The summed E-state index contributed by atoms with van der Waals surface area (Å²) in [5, 5.41) is 15.1. The summed E-state index contributed by atoms with van der Waals surface area (Å²) in [6, 6.07) is -0.645. The molecule has 6 atom stereocenters. The van der Waals surface area contributed by atoms with Crippen LogP contribution in [0.3, 0.4) is 0 Å².